The van der Waals surface area contributed by atoms with Crippen LogP contribution in [0.4, 0.5) is 4.39 Å². The molecule has 1 aromatic rings. The maximum absolute atomic E-state index is 14.3. The fourth-order valence-corrected chi connectivity index (χ4v) is 6.26. The Morgan fingerprint density at radius 2 is 1.85 bits per heavy atom. The van der Waals surface area contributed by atoms with Crippen molar-refractivity contribution >= 4 is 21.7 Å². The molecule has 1 amide bonds. The molecule has 0 spiro atoms. The number of benzene rings is 1. The Hall–Kier alpha value is -1.96. The summed E-state index contributed by atoms with van der Waals surface area (Å²) in [5, 5.41) is 2.65. The number of rotatable bonds is 5. The van der Waals surface area contributed by atoms with Crippen LogP contribution < -0.4 is 5.32 Å². The summed E-state index contributed by atoms with van der Waals surface area (Å²) in [5.41, 5.74) is -1.60. The number of carbonyl (C=O) groups excluding carboxylic acids is 2. The topological polar surface area (TPSA) is 89.5 Å². The number of carbonyl (C=O) groups is 2. The second kappa shape index (κ2) is 7.22. The van der Waals surface area contributed by atoms with E-state index in [1.54, 1.807) is 25.1 Å². The van der Waals surface area contributed by atoms with Crippen LogP contribution in [0.2, 0.25) is 0 Å². The first-order valence-electron chi connectivity index (χ1n) is 9.10. The normalized spacial score (nSPS) is 25.9. The third-order valence-corrected chi connectivity index (χ3v) is 7.42. The molecule has 1 atom stereocenters. The molecular weight excluding hydrogens is 373 g/mol. The predicted molar refractivity (Wildman–Crippen MR) is 97.3 cm³/mol. The van der Waals surface area contributed by atoms with Gasteiger partial charge < -0.3 is 10.1 Å². The zero-order valence-corrected chi connectivity index (χ0v) is 16.1. The fraction of sp³-hybridized carbons (Fsp3) is 0.579. The van der Waals surface area contributed by atoms with Gasteiger partial charge in [0.05, 0.1) is 22.5 Å². The Morgan fingerprint density at radius 3 is 2.44 bits per heavy atom. The number of ether oxygens (including phenoxy) is 1. The molecule has 27 heavy (non-hydrogen) atoms. The number of nitrogens with one attached hydrogen (secondary N) is 1. The highest BCUT2D eigenvalue weighted by molar-refractivity contribution is 7.91. The molecule has 1 N–H and O–H groups in total. The lowest BCUT2D eigenvalue weighted by Crippen LogP contribution is -2.49. The standard InChI is InChI=1S/C19H24FNO5S/c1-18(10-11-27(24,25)13-18)21-16(22)12-26-17(23)19(8-4-5-9-19)14-6-2-3-7-15(14)20/h2-3,6-7H,4-5,8-13H2,1H3,(H,21,22)/t18-/m0/s1. The lowest BCUT2D eigenvalue weighted by molar-refractivity contribution is -0.154. The molecule has 1 heterocycles. The molecule has 1 aliphatic heterocycles. The highest BCUT2D eigenvalue weighted by Gasteiger charge is 2.46. The second-order valence-electron chi connectivity index (χ2n) is 7.80. The van der Waals surface area contributed by atoms with Gasteiger partial charge in [0.15, 0.2) is 16.4 Å². The third-order valence-electron chi connectivity index (χ3n) is 5.52. The summed E-state index contributed by atoms with van der Waals surface area (Å²) < 4.78 is 42.8. The van der Waals surface area contributed by atoms with Crippen molar-refractivity contribution in [3.63, 3.8) is 0 Å². The first-order valence-corrected chi connectivity index (χ1v) is 10.9. The van der Waals surface area contributed by atoms with Gasteiger partial charge in [-0.2, -0.15) is 0 Å². The van der Waals surface area contributed by atoms with E-state index in [2.05, 4.69) is 5.32 Å². The van der Waals surface area contributed by atoms with E-state index in [0.29, 0.717) is 24.8 Å². The molecule has 2 aliphatic rings. The van der Waals surface area contributed by atoms with E-state index < -0.39 is 45.1 Å². The van der Waals surface area contributed by atoms with E-state index in [-0.39, 0.29) is 11.5 Å². The molecule has 2 fully saturated rings. The van der Waals surface area contributed by atoms with Gasteiger partial charge in [-0.3, -0.25) is 9.59 Å². The summed E-state index contributed by atoms with van der Waals surface area (Å²) in [7, 11) is -3.16. The summed E-state index contributed by atoms with van der Waals surface area (Å²) in [6, 6.07) is 6.15. The molecule has 148 valence electrons. The molecule has 6 nitrogen and oxygen atoms in total. The van der Waals surface area contributed by atoms with Crippen LogP contribution in [0.3, 0.4) is 0 Å². The minimum absolute atomic E-state index is 0.0277. The van der Waals surface area contributed by atoms with Crippen molar-refractivity contribution in [2.24, 2.45) is 0 Å². The van der Waals surface area contributed by atoms with Crippen LogP contribution in [0.15, 0.2) is 24.3 Å². The highest BCUT2D eigenvalue weighted by atomic mass is 32.2. The van der Waals surface area contributed by atoms with Crippen molar-refractivity contribution in [1.29, 1.82) is 0 Å². The molecule has 1 aromatic carbocycles. The van der Waals surface area contributed by atoms with E-state index in [4.69, 9.17) is 4.74 Å². The molecule has 0 radical (unpaired) electrons. The van der Waals surface area contributed by atoms with E-state index in [9.17, 15) is 22.4 Å². The summed E-state index contributed by atoms with van der Waals surface area (Å²) >= 11 is 0. The lowest BCUT2D eigenvalue weighted by Gasteiger charge is -2.28. The van der Waals surface area contributed by atoms with Crippen molar-refractivity contribution in [1.82, 2.24) is 5.32 Å². The number of halogens is 1. The summed E-state index contributed by atoms with van der Waals surface area (Å²) in [6.45, 7) is 1.15. The van der Waals surface area contributed by atoms with Gasteiger partial charge in [0, 0.05) is 5.56 Å². The fourth-order valence-electron chi connectivity index (χ4n) is 4.16. The Bertz CT molecular complexity index is 847. The van der Waals surface area contributed by atoms with Gasteiger partial charge in [-0.1, -0.05) is 31.0 Å². The molecule has 1 aliphatic carbocycles. The predicted octanol–water partition coefficient (Wildman–Crippen LogP) is 1.87. The average Bonchev–Trinajstić information content (AvgIpc) is 3.18. The quantitative estimate of drug-likeness (QED) is 0.766. The van der Waals surface area contributed by atoms with Crippen molar-refractivity contribution in [3.8, 4) is 0 Å². The van der Waals surface area contributed by atoms with Crippen LogP contribution in [0.25, 0.3) is 0 Å². The van der Waals surface area contributed by atoms with Crippen LogP contribution in [-0.4, -0.2) is 43.9 Å². The smallest absolute Gasteiger partial charge is 0.317 e. The van der Waals surface area contributed by atoms with Crippen LogP contribution in [0.5, 0.6) is 0 Å². The zero-order chi connectivity index (χ0) is 19.7. The first-order chi connectivity index (χ1) is 12.7. The maximum atomic E-state index is 14.3. The SMILES string of the molecule is C[C@]1(NC(=O)COC(=O)C2(c3ccccc3F)CCCC2)CCS(=O)(=O)C1. The molecule has 0 aromatic heterocycles. The monoisotopic (exact) mass is 397 g/mol. The van der Waals surface area contributed by atoms with Crippen LogP contribution in [0.1, 0.15) is 44.6 Å². The second-order valence-corrected chi connectivity index (χ2v) is 9.98. The number of esters is 1. The lowest BCUT2D eigenvalue weighted by atomic mass is 9.78. The van der Waals surface area contributed by atoms with Gasteiger partial charge in [-0.25, -0.2) is 12.8 Å². The largest absolute Gasteiger partial charge is 0.455 e. The number of amides is 1. The molecule has 1 saturated carbocycles. The molecule has 3 rings (SSSR count). The van der Waals surface area contributed by atoms with E-state index in [1.807, 2.05) is 0 Å². The molecular formula is C19H24FNO5S. The van der Waals surface area contributed by atoms with Gasteiger partial charge in [0.25, 0.3) is 5.91 Å². The molecule has 1 saturated heterocycles. The Morgan fingerprint density at radius 1 is 1.19 bits per heavy atom. The van der Waals surface area contributed by atoms with Crippen LogP contribution >= 0.6 is 0 Å². The minimum atomic E-state index is -3.16. The molecule has 0 unspecified atom stereocenters. The van der Waals surface area contributed by atoms with Gasteiger partial charge in [-0.15, -0.1) is 0 Å². The van der Waals surface area contributed by atoms with Crippen LogP contribution in [0, 0.1) is 5.82 Å². The van der Waals surface area contributed by atoms with Gasteiger partial charge in [-0.05, 0) is 32.3 Å². The molecule has 0 bridgehead atoms. The Kier molecular flexibility index (Phi) is 5.29. The number of hydrogen-bond donors (Lipinski definition) is 1. The van der Waals surface area contributed by atoms with Crippen molar-refractivity contribution < 1.29 is 27.1 Å². The van der Waals surface area contributed by atoms with Crippen LogP contribution in [-0.2, 0) is 29.6 Å². The summed E-state index contributed by atoms with van der Waals surface area (Å²) in [6.07, 6.45) is 2.85. The number of sulfone groups is 1. The Labute approximate surface area is 158 Å². The number of hydrogen-bond acceptors (Lipinski definition) is 5. The van der Waals surface area contributed by atoms with Crippen molar-refractivity contribution in [3.05, 3.63) is 35.6 Å². The minimum Gasteiger partial charge on any atom is -0.455 e. The van der Waals surface area contributed by atoms with Crippen molar-refractivity contribution in [2.75, 3.05) is 18.1 Å². The van der Waals surface area contributed by atoms with E-state index >= 15 is 0 Å². The first kappa shape index (κ1) is 19.8. The maximum Gasteiger partial charge on any atom is 0.317 e. The molecule has 8 heteroatoms. The van der Waals surface area contributed by atoms with Crippen molar-refractivity contribution in [2.45, 2.75) is 50.0 Å². The Balaban J connectivity index is 1.66. The highest BCUT2D eigenvalue weighted by Crippen LogP contribution is 2.43. The van der Waals surface area contributed by atoms with E-state index in [1.165, 1.54) is 6.07 Å². The van der Waals surface area contributed by atoms with Gasteiger partial charge in [0.1, 0.15) is 5.82 Å². The third kappa shape index (κ3) is 4.15. The summed E-state index contributed by atoms with van der Waals surface area (Å²) in [4.78, 5) is 25.0. The van der Waals surface area contributed by atoms with E-state index in [0.717, 1.165) is 12.8 Å². The van der Waals surface area contributed by atoms with Gasteiger partial charge in [0.2, 0.25) is 0 Å². The summed E-state index contributed by atoms with van der Waals surface area (Å²) in [5.74, 6) is -1.71. The average molecular weight is 397 g/mol. The zero-order valence-electron chi connectivity index (χ0n) is 15.3. The van der Waals surface area contributed by atoms with Gasteiger partial charge >= 0.3 is 5.97 Å².